The van der Waals surface area contributed by atoms with Crippen molar-refractivity contribution in [3.8, 4) is 5.75 Å². The van der Waals surface area contributed by atoms with Gasteiger partial charge in [-0.1, -0.05) is 23.9 Å². The topological polar surface area (TPSA) is 27.1 Å². The lowest BCUT2D eigenvalue weighted by atomic mass is 10.2. The number of nitrogens with zero attached hydrogens (tertiary/aromatic N) is 2. The molecule has 5 heteroatoms. The number of rotatable bonds is 5. The third-order valence-electron chi connectivity index (χ3n) is 3.21. The first-order chi connectivity index (χ1) is 10.7. The van der Waals surface area contributed by atoms with Crippen molar-refractivity contribution in [3.63, 3.8) is 0 Å². The summed E-state index contributed by atoms with van der Waals surface area (Å²) in [5, 5.41) is 5.37. The zero-order chi connectivity index (χ0) is 15.4. The highest BCUT2D eigenvalue weighted by molar-refractivity contribution is 7.99. The molecule has 1 aromatic heterocycles. The number of aromatic nitrogens is 2. The summed E-state index contributed by atoms with van der Waals surface area (Å²) in [6.45, 7) is 0.681. The number of halogens is 1. The van der Waals surface area contributed by atoms with Crippen LogP contribution in [0.25, 0.3) is 0 Å². The molecule has 1 heterocycles. The third kappa shape index (κ3) is 3.49. The Kier molecular flexibility index (Phi) is 4.44. The van der Waals surface area contributed by atoms with Crippen LogP contribution < -0.4 is 4.74 Å². The van der Waals surface area contributed by atoms with Gasteiger partial charge in [-0.2, -0.15) is 5.10 Å². The van der Waals surface area contributed by atoms with E-state index in [9.17, 15) is 4.39 Å². The van der Waals surface area contributed by atoms with Gasteiger partial charge in [0.15, 0.2) is 0 Å². The van der Waals surface area contributed by atoms with Crippen molar-refractivity contribution in [1.82, 2.24) is 9.78 Å². The Morgan fingerprint density at radius 3 is 2.45 bits per heavy atom. The van der Waals surface area contributed by atoms with Gasteiger partial charge in [0.25, 0.3) is 0 Å². The second kappa shape index (κ2) is 6.66. The van der Waals surface area contributed by atoms with E-state index in [0.717, 1.165) is 21.2 Å². The van der Waals surface area contributed by atoms with Crippen LogP contribution in [0.4, 0.5) is 4.39 Å². The molecule has 3 nitrogen and oxygen atoms in total. The summed E-state index contributed by atoms with van der Waals surface area (Å²) in [6, 6.07) is 16.3. The van der Waals surface area contributed by atoms with E-state index in [1.807, 2.05) is 35.0 Å². The van der Waals surface area contributed by atoms with Crippen LogP contribution in [0, 0.1) is 5.82 Å². The summed E-state index contributed by atoms with van der Waals surface area (Å²) in [6.07, 6.45) is 1.77. The molecule has 0 aliphatic carbocycles. The molecule has 0 radical (unpaired) electrons. The summed E-state index contributed by atoms with van der Waals surface area (Å²) in [5.74, 6) is 0.612. The minimum absolute atomic E-state index is 0.226. The average Bonchev–Trinajstić information content (AvgIpc) is 2.97. The van der Waals surface area contributed by atoms with Gasteiger partial charge in [0.2, 0.25) is 0 Å². The van der Waals surface area contributed by atoms with Crippen molar-refractivity contribution >= 4 is 11.8 Å². The molecule has 0 spiro atoms. The van der Waals surface area contributed by atoms with E-state index in [1.165, 1.54) is 12.1 Å². The lowest BCUT2D eigenvalue weighted by Gasteiger charge is -2.08. The summed E-state index contributed by atoms with van der Waals surface area (Å²) >= 11 is 1.57. The van der Waals surface area contributed by atoms with E-state index < -0.39 is 0 Å². The normalized spacial score (nSPS) is 10.6. The van der Waals surface area contributed by atoms with Gasteiger partial charge in [0.05, 0.1) is 24.9 Å². The highest BCUT2D eigenvalue weighted by Crippen LogP contribution is 2.28. The number of methoxy groups -OCH3 is 1. The fourth-order valence-corrected chi connectivity index (χ4v) is 2.91. The largest absolute Gasteiger partial charge is 0.497 e. The maximum atomic E-state index is 13.0. The maximum absolute atomic E-state index is 13.0. The summed E-state index contributed by atoms with van der Waals surface area (Å²) in [7, 11) is 1.65. The molecule has 2 aromatic carbocycles. The van der Waals surface area contributed by atoms with Crippen LogP contribution in [-0.2, 0) is 6.54 Å². The van der Waals surface area contributed by atoms with E-state index in [-0.39, 0.29) is 5.82 Å². The Morgan fingerprint density at radius 2 is 1.77 bits per heavy atom. The molecule has 0 N–H and O–H groups in total. The quantitative estimate of drug-likeness (QED) is 0.705. The SMILES string of the molecule is COc1ccc(Cn2nccc2Sc2ccc(F)cc2)cc1. The standard InChI is InChI=1S/C17H15FN2OS/c1-21-15-6-2-13(3-7-15)12-20-17(10-11-19-20)22-16-8-4-14(18)5-9-16/h2-11H,12H2,1H3. The molecule has 0 fully saturated rings. The van der Waals surface area contributed by atoms with Crippen molar-refractivity contribution in [1.29, 1.82) is 0 Å². The Balaban J connectivity index is 1.75. The van der Waals surface area contributed by atoms with Crippen molar-refractivity contribution < 1.29 is 9.13 Å². The number of ether oxygens (including phenoxy) is 1. The van der Waals surface area contributed by atoms with Crippen molar-refractivity contribution in [2.75, 3.05) is 7.11 Å². The Hall–Kier alpha value is -2.27. The van der Waals surface area contributed by atoms with E-state index in [4.69, 9.17) is 4.74 Å². The molecule has 3 rings (SSSR count). The number of hydrogen-bond acceptors (Lipinski definition) is 3. The smallest absolute Gasteiger partial charge is 0.123 e. The monoisotopic (exact) mass is 314 g/mol. The van der Waals surface area contributed by atoms with Gasteiger partial charge in [0.1, 0.15) is 11.6 Å². The number of benzene rings is 2. The highest BCUT2D eigenvalue weighted by atomic mass is 32.2. The first-order valence-electron chi connectivity index (χ1n) is 6.83. The minimum atomic E-state index is -0.226. The van der Waals surface area contributed by atoms with Crippen LogP contribution in [0.3, 0.4) is 0 Å². The number of hydrogen-bond donors (Lipinski definition) is 0. The lowest BCUT2D eigenvalue weighted by Crippen LogP contribution is -2.02. The van der Waals surface area contributed by atoms with Crippen molar-refractivity contribution in [3.05, 3.63) is 72.2 Å². The molecular formula is C17H15FN2OS. The molecule has 0 saturated carbocycles. The van der Waals surface area contributed by atoms with Crippen molar-refractivity contribution in [2.24, 2.45) is 0 Å². The van der Waals surface area contributed by atoms with E-state index >= 15 is 0 Å². The van der Waals surface area contributed by atoms with Gasteiger partial charge in [-0.3, -0.25) is 4.68 Å². The summed E-state index contributed by atoms with van der Waals surface area (Å²) in [4.78, 5) is 0.984. The predicted molar refractivity (Wildman–Crippen MR) is 84.8 cm³/mol. The first kappa shape index (κ1) is 14.7. The zero-order valence-corrected chi connectivity index (χ0v) is 12.9. The lowest BCUT2D eigenvalue weighted by molar-refractivity contribution is 0.414. The molecule has 0 bridgehead atoms. The Morgan fingerprint density at radius 1 is 1.05 bits per heavy atom. The fourth-order valence-electron chi connectivity index (χ4n) is 2.05. The van der Waals surface area contributed by atoms with Crippen LogP contribution in [0.15, 0.2) is 70.7 Å². The van der Waals surface area contributed by atoms with Gasteiger partial charge in [-0.25, -0.2) is 4.39 Å². The predicted octanol–water partition coefficient (Wildman–Crippen LogP) is 4.23. The van der Waals surface area contributed by atoms with Crippen LogP contribution in [0.1, 0.15) is 5.56 Å². The fraction of sp³-hybridized carbons (Fsp3) is 0.118. The zero-order valence-electron chi connectivity index (χ0n) is 12.1. The van der Waals surface area contributed by atoms with E-state index in [2.05, 4.69) is 5.10 Å². The molecular weight excluding hydrogens is 299 g/mol. The van der Waals surface area contributed by atoms with Gasteiger partial charge in [-0.05, 0) is 48.0 Å². The van der Waals surface area contributed by atoms with Crippen LogP contribution in [0.5, 0.6) is 5.75 Å². The Labute approximate surface area is 132 Å². The molecule has 0 aliphatic rings. The van der Waals surface area contributed by atoms with E-state index in [0.29, 0.717) is 6.54 Å². The van der Waals surface area contributed by atoms with Crippen LogP contribution in [-0.4, -0.2) is 16.9 Å². The second-order valence-corrected chi connectivity index (χ2v) is 5.82. The maximum Gasteiger partial charge on any atom is 0.123 e. The van der Waals surface area contributed by atoms with Gasteiger partial charge >= 0.3 is 0 Å². The Bertz CT molecular complexity index is 738. The summed E-state index contributed by atoms with van der Waals surface area (Å²) < 4.78 is 20.0. The minimum Gasteiger partial charge on any atom is -0.497 e. The second-order valence-electron chi connectivity index (χ2n) is 4.73. The molecule has 22 heavy (non-hydrogen) atoms. The summed E-state index contributed by atoms with van der Waals surface area (Å²) in [5.41, 5.74) is 1.14. The van der Waals surface area contributed by atoms with Crippen molar-refractivity contribution in [2.45, 2.75) is 16.5 Å². The third-order valence-corrected chi connectivity index (χ3v) is 4.27. The molecule has 0 unspecified atom stereocenters. The molecule has 3 aromatic rings. The van der Waals surface area contributed by atoms with Crippen LogP contribution in [0.2, 0.25) is 0 Å². The highest BCUT2D eigenvalue weighted by Gasteiger charge is 2.06. The van der Waals surface area contributed by atoms with Gasteiger partial charge < -0.3 is 4.74 Å². The molecule has 112 valence electrons. The molecule has 0 amide bonds. The molecule has 0 aliphatic heterocycles. The first-order valence-corrected chi connectivity index (χ1v) is 7.64. The average molecular weight is 314 g/mol. The van der Waals surface area contributed by atoms with Gasteiger partial charge in [-0.15, -0.1) is 0 Å². The van der Waals surface area contributed by atoms with Gasteiger partial charge in [0, 0.05) is 4.90 Å². The molecule has 0 atom stereocenters. The van der Waals surface area contributed by atoms with Crippen LogP contribution >= 0.6 is 11.8 Å². The van der Waals surface area contributed by atoms with E-state index in [1.54, 1.807) is 37.2 Å². The molecule has 0 saturated heterocycles.